The van der Waals surface area contributed by atoms with Gasteiger partial charge in [-0.05, 0) is 19.1 Å². The minimum Gasteiger partial charge on any atom is -0.306 e. The van der Waals surface area contributed by atoms with E-state index in [4.69, 9.17) is 0 Å². The van der Waals surface area contributed by atoms with Crippen molar-refractivity contribution in [3.05, 3.63) is 70.8 Å². The van der Waals surface area contributed by atoms with Crippen molar-refractivity contribution in [3.8, 4) is 22.6 Å². The molecule has 1 aromatic carbocycles. The van der Waals surface area contributed by atoms with Gasteiger partial charge in [0.15, 0.2) is 0 Å². The second-order valence-electron chi connectivity index (χ2n) is 4.53. The van der Waals surface area contributed by atoms with Crippen LogP contribution in [0.15, 0.2) is 59.5 Å². The zero-order valence-corrected chi connectivity index (χ0v) is 11.0. The minimum atomic E-state index is -0.164. The highest BCUT2D eigenvalue weighted by Gasteiger charge is 2.06. The highest BCUT2D eigenvalue weighted by molar-refractivity contribution is 5.63. The lowest BCUT2D eigenvalue weighted by molar-refractivity contribution is 1.12. The largest absolute Gasteiger partial charge is 0.306 e. The fourth-order valence-corrected chi connectivity index (χ4v) is 2.04. The summed E-state index contributed by atoms with van der Waals surface area (Å²) in [5.74, 6) is 0.572. The molecule has 0 saturated heterocycles. The summed E-state index contributed by atoms with van der Waals surface area (Å²) in [6.45, 7) is 1.91. The molecule has 0 aliphatic carbocycles. The van der Waals surface area contributed by atoms with Gasteiger partial charge in [0.1, 0.15) is 5.82 Å². The van der Waals surface area contributed by atoms with Crippen molar-refractivity contribution in [2.75, 3.05) is 0 Å². The number of hydrogen-bond donors (Lipinski definition) is 1. The molecule has 0 radical (unpaired) electrons. The molecule has 3 aromatic rings. The third-order valence-electron chi connectivity index (χ3n) is 2.98. The van der Waals surface area contributed by atoms with Crippen LogP contribution in [0.5, 0.6) is 0 Å². The maximum atomic E-state index is 11.8. The molecule has 0 bridgehead atoms. The fourth-order valence-electron chi connectivity index (χ4n) is 2.04. The SMILES string of the molecule is Cc1cc(-c2cc(=O)[nH]c(-c3ccccc3)n2)ccn1. The number of aryl methyl sites for hydroxylation is 1. The fraction of sp³-hybridized carbons (Fsp3) is 0.0625. The number of nitrogens with zero attached hydrogens (tertiary/aromatic N) is 2. The van der Waals surface area contributed by atoms with E-state index in [1.807, 2.05) is 49.4 Å². The third kappa shape index (κ3) is 2.49. The molecule has 4 nitrogen and oxygen atoms in total. The molecule has 0 fully saturated rings. The van der Waals surface area contributed by atoms with Crippen molar-refractivity contribution in [2.24, 2.45) is 0 Å². The van der Waals surface area contributed by atoms with Gasteiger partial charge < -0.3 is 4.98 Å². The topological polar surface area (TPSA) is 58.6 Å². The average Bonchev–Trinajstić information content (AvgIpc) is 2.47. The molecule has 2 heterocycles. The first-order valence-electron chi connectivity index (χ1n) is 6.32. The van der Waals surface area contributed by atoms with Crippen molar-refractivity contribution in [2.45, 2.75) is 6.92 Å². The monoisotopic (exact) mass is 263 g/mol. The Kier molecular flexibility index (Phi) is 3.13. The lowest BCUT2D eigenvalue weighted by atomic mass is 10.1. The van der Waals surface area contributed by atoms with E-state index in [1.54, 1.807) is 6.20 Å². The van der Waals surface area contributed by atoms with E-state index in [2.05, 4.69) is 15.0 Å². The van der Waals surface area contributed by atoms with Crippen molar-refractivity contribution >= 4 is 0 Å². The molecule has 1 N–H and O–H groups in total. The van der Waals surface area contributed by atoms with E-state index >= 15 is 0 Å². The third-order valence-corrected chi connectivity index (χ3v) is 2.98. The first-order chi connectivity index (χ1) is 9.72. The van der Waals surface area contributed by atoms with Crippen LogP contribution in [-0.2, 0) is 0 Å². The van der Waals surface area contributed by atoms with Gasteiger partial charge in [0, 0.05) is 29.1 Å². The molecular formula is C16H13N3O. The molecular weight excluding hydrogens is 250 g/mol. The van der Waals surface area contributed by atoms with Gasteiger partial charge in [-0.15, -0.1) is 0 Å². The van der Waals surface area contributed by atoms with Gasteiger partial charge in [0.25, 0.3) is 5.56 Å². The number of rotatable bonds is 2. The van der Waals surface area contributed by atoms with Gasteiger partial charge in [-0.2, -0.15) is 0 Å². The van der Waals surface area contributed by atoms with E-state index < -0.39 is 0 Å². The van der Waals surface area contributed by atoms with E-state index in [1.165, 1.54) is 6.07 Å². The Morgan fingerprint density at radius 2 is 1.80 bits per heavy atom. The number of aromatic nitrogens is 3. The van der Waals surface area contributed by atoms with Crippen LogP contribution >= 0.6 is 0 Å². The molecule has 3 rings (SSSR count). The lowest BCUT2D eigenvalue weighted by Crippen LogP contribution is -2.08. The van der Waals surface area contributed by atoms with Crippen LogP contribution in [0, 0.1) is 6.92 Å². The van der Waals surface area contributed by atoms with Gasteiger partial charge in [-0.1, -0.05) is 30.3 Å². The number of pyridine rings is 1. The number of benzene rings is 1. The van der Waals surface area contributed by atoms with E-state index in [0.717, 1.165) is 16.8 Å². The molecule has 0 unspecified atom stereocenters. The van der Waals surface area contributed by atoms with E-state index in [0.29, 0.717) is 11.5 Å². The van der Waals surface area contributed by atoms with Crippen molar-refractivity contribution in [1.82, 2.24) is 15.0 Å². The Labute approximate surface area is 116 Å². The van der Waals surface area contributed by atoms with Crippen LogP contribution < -0.4 is 5.56 Å². The molecule has 0 saturated carbocycles. The molecule has 20 heavy (non-hydrogen) atoms. The standard InChI is InChI=1S/C16H13N3O/c1-11-9-13(7-8-17-11)14-10-15(20)19-16(18-14)12-5-3-2-4-6-12/h2-10H,1H3,(H,18,19,20). The molecule has 0 aliphatic rings. The smallest absolute Gasteiger partial charge is 0.251 e. The highest BCUT2D eigenvalue weighted by atomic mass is 16.1. The maximum Gasteiger partial charge on any atom is 0.251 e. The Bertz CT molecular complexity index is 794. The van der Waals surface area contributed by atoms with Crippen LogP contribution in [0.3, 0.4) is 0 Å². The summed E-state index contributed by atoms with van der Waals surface area (Å²) in [7, 11) is 0. The number of H-pyrrole nitrogens is 1. The molecule has 2 aromatic heterocycles. The summed E-state index contributed by atoms with van der Waals surface area (Å²) in [6, 6.07) is 14.9. The molecule has 98 valence electrons. The second kappa shape index (κ2) is 5.09. The van der Waals surface area contributed by atoms with E-state index in [-0.39, 0.29) is 5.56 Å². The summed E-state index contributed by atoms with van der Waals surface area (Å²) in [6.07, 6.45) is 1.72. The van der Waals surface area contributed by atoms with Gasteiger partial charge in [0.2, 0.25) is 0 Å². The molecule has 0 amide bonds. The molecule has 4 heteroatoms. The summed E-state index contributed by atoms with van der Waals surface area (Å²) in [5, 5.41) is 0. The van der Waals surface area contributed by atoms with E-state index in [9.17, 15) is 4.79 Å². The van der Waals surface area contributed by atoms with Crippen LogP contribution in [-0.4, -0.2) is 15.0 Å². The molecule has 0 atom stereocenters. The number of hydrogen-bond acceptors (Lipinski definition) is 3. The zero-order chi connectivity index (χ0) is 13.9. The predicted molar refractivity (Wildman–Crippen MR) is 78.3 cm³/mol. The van der Waals surface area contributed by atoms with Crippen molar-refractivity contribution in [1.29, 1.82) is 0 Å². The Balaban J connectivity index is 2.15. The van der Waals surface area contributed by atoms with Gasteiger partial charge in [0.05, 0.1) is 5.69 Å². The number of nitrogens with one attached hydrogen (secondary N) is 1. The minimum absolute atomic E-state index is 0.164. The van der Waals surface area contributed by atoms with Gasteiger partial charge in [-0.25, -0.2) is 4.98 Å². The predicted octanol–water partition coefficient (Wildman–Crippen LogP) is 2.81. The number of aromatic amines is 1. The molecule has 0 spiro atoms. The van der Waals surface area contributed by atoms with Gasteiger partial charge in [-0.3, -0.25) is 9.78 Å². The lowest BCUT2D eigenvalue weighted by Gasteiger charge is -2.05. The molecule has 0 aliphatic heterocycles. The van der Waals surface area contributed by atoms with Crippen molar-refractivity contribution in [3.63, 3.8) is 0 Å². The Morgan fingerprint density at radius 1 is 1.00 bits per heavy atom. The van der Waals surface area contributed by atoms with Gasteiger partial charge >= 0.3 is 0 Å². The van der Waals surface area contributed by atoms with Crippen LogP contribution in [0.4, 0.5) is 0 Å². The van der Waals surface area contributed by atoms with Crippen molar-refractivity contribution < 1.29 is 0 Å². The van der Waals surface area contributed by atoms with Crippen LogP contribution in [0.1, 0.15) is 5.69 Å². The first-order valence-corrected chi connectivity index (χ1v) is 6.32. The summed E-state index contributed by atoms with van der Waals surface area (Å²) < 4.78 is 0. The highest BCUT2D eigenvalue weighted by Crippen LogP contribution is 2.19. The normalized spacial score (nSPS) is 10.4. The maximum absolute atomic E-state index is 11.8. The Hall–Kier alpha value is -2.75. The summed E-state index contributed by atoms with van der Waals surface area (Å²) in [4.78, 5) is 23.3. The zero-order valence-electron chi connectivity index (χ0n) is 11.0. The Morgan fingerprint density at radius 3 is 2.55 bits per heavy atom. The summed E-state index contributed by atoms with van der Waals surface area (Å²) in [5.41, 5.74) is 3.16. The summed E-state index contributed by atoms with van der Waals surface area (Å²) >= 11 is 0. The average molecular weight is 263 g/mol. The first kappa shape index (κ1) is 12.3. The second-order valence-corrected chi connectivity index (χ2v) is 4.53. The quantitative estimate of drug-likeness (QED) is 0.773. The van der Waals surface area contributed by atoms with Crippen LogP contribution in [0.2, 0.25) is 0 Å². The van der Waals surface area contributed by atoms with Crippen LogP contribution in [0.25, 0.3) is 22.6 Å².